The Morgan fingerprint density at radius 1 is 0.808 bits per heavy atom. The molecule has 1 aromatic heterocycles. The molecule has 4 aromatic rings. The van der Waals surface area contributed by atoms with E-state index in [1.807, 2.05) is 79.7 Å². The molecular formula is C23H18N2O. The number of aryl methyl sites for hydroxylation is 1. The van der Waals surface area contributed by atoms with E-state index >= 15 is 0 Å². The molecule has 1 amide bonds. The first-order chi connectivity index (χ1) is 12.7. The molecule has 0 radical (unpaired) electrons. The summed E-state index contributed by atoms with van der Waals surface area (Å²) in [5, 5.41) is 4.05. The van der Waals surface area contributed by atoms with Gasteiger partial charge in [0.25, 0.3) is 5.91 Å². The number of hydrogen-bond acceptors (Lipinski definition) is 2. The third kappa shape index (κ3) is 3.33. The van der Waals surface area contributed by atoms with E-state index < -0.39 is 0 Å². The smallest absolute Gasteiger partial charge is 0.255 e. The van der Waals surface area contributed by atoms with Crippen molar-refractivity contribution < 1.29 is 4.79 Å². The molecule has 0 atom stereocenters. The predicted molar refractivity (Wildman–Crippen MR) is 106 cm³/mol. The predicted octanol–water partition coefficient (Wildman–Crippen LogP) is 5.46. The molecule has 126 valence electrons. The molecule has 0 saturated heterocycles. The fourth-order valence-electron chi connectivity index (χ4n) is 2.86. The average molecular weight is 338 g/mol. The van der Waals surface area contributed by atoms with Gasteiger partial charge in [-0.3, -0.25) is 4.79 Å². The van der Waals surface area contributed by atoms with Crippen LogP contribution < -0.4 is 5.32 Å². The van der Waals surface area contributed by atoms with Crippen LogP contribution in [0, 0.1) is 6.92 Å². The van der Waals surface area contributed by atoms with Crippen molar-refractivity contribution in [1.82, 2.24) is 4.98 Å². The van der Waals surface area contributed by atoms with Crippen LogP contribution in [0.2, 0.25) is 0 Å². The van der Waals surface area contributed by atoms with E-state index in [2.05, 4.69) is 17.4 Å². The van der Waals surface area contributed by atoms with Gasteiger partial charge in [0.2, 0.25) is 0 Å². The maximum atomic E-state index is 12.3. The second-order valence-electron chi connectivity index (χ2n) is 6.29. The summed E-state index contributed by atoms with van der Waals surface area (Å²) in [6.07, 6.45) is 0. The Bertz CT molecular complexity index is 1070. The van der Waals surface area contributed by atoms with Gasteiger partial charge >= 0.3 is 0 Å². The molecule has 3 aromatic carbocycles. The minimum Gasteiger partial charge on any atom is -0.322 e. The van der Waals surface area contributed by atoms with Gasteiger partial charge in [-0.2, -0.15) is 0 Å². The highest BCUT2D eigenvalue weighted by molar-refractivity contribution is 6.04. The second-order valence-corrected chi connectivity index (χ2v) is 6.29. The molecule has 0 unspecified atom stereocenters. The molecule has 1 heterocycles. The largest absolute Gasteiger partial charge is 0.322 e. The summed E-state index contributed by atoms with van der Waals surface area (Å²) in [4.78, 5) is 17.0. The highest BCUT2D eigenvalue weighted by Gasteiger charge is 2.06. The Kier molecular flexibility index (Phi) is 4.20. The number of carbonyl (C=O) groups excluding carboxylic acids is 1. The number of amides is 1. The molecule has 4 rings (SSSR count). The van der Waals surface area contributed by atoms with Crippen molar-refractivity contribution in [2.45, 2.75) is 6.92 Å². The minimum absolute atomic E-state index is 0.110. The van der Waals surface area contributed by atoms with Crippen molar-refractivity contribution in [3.63, 3.8) is 0 Å². The van der Waals surface area contributed by atoms with Crippen molar-refractivity contribution in [2.24, 2.45) is 0 Å². The number of anilines is 1. The van der Waals surface area contributed by atoms with Crippen molar-refractivity contribution in [2.75, 3.05) is 5.32 Å². The summed E-state index contributed by atoms with van der Waals surface area (Å²) in [5.74, 6) is -0.110. The zero-order valence-corrected chi connectivity index (χ0v) is 14.4. The lowest BCUT2D eigenvalue weighted by Crippen LogP contribution is -2.11. The van der Waals surface area contributed by atoms with Crippen LogP contribution in [-0.4, -0.2) is 10.9 Å². The number of rotatable bonds is 3. The number of nitrogens with one attached hydrogen (secondary N) is 1. The number of pyridine rings is 1. The van der Waals surface area contributed by atoms with E-state index in [4.69, 9.17) is 4.98 Å². The van der Waals surface area contributed by atoms with Gasteiger partial charge in [0, 0.05) is 22.2 Å². The lowest BCUT2D eigenvalue weighted by molar-refractivity contribution is 0.102. The molecule has 1 N–H and O–H groups in total. The average Bonchev–Trinajstić information content (AvgIpc) is 2.68. The van der Waals surface area contributed by atoms with Crippen LogP contribution in [0.3, 0.4) is 0 Å². The molecule has 0 fully saturated rings. The number of carbonyl (C=O) groups is 1. The second kappa shape index (κ2) is 6.81. The number of hydrogen-bond donors (Lipinski definition) is 1. The molecule has 0 bridgehead atoms. The molecule has 3 nitrogen and oxygen atoms in total. The van der Waals surface area contributed by atoms with E-state index in [9.17, 15) is 4.79 Å². The summed E-state index contributed by atoms with van der Waals surface area (Å²) in [6, 6.07) is 27.4. The van der Waals surface area contributed by atoms with Crippen LogP contribution in [0.1, 0.15) is 15.9 Å². The van der Waals surface area contributed by atoms with Crippen molar-refractivity contribution in [3.8, 4) is 11.3 Å². The van der Waals surface area contributed by atoms with Crippen molar-refractivity contribution in [1.29, 1.82) is 0 Å². The van der Waals surface area contributed by atoms with Gasteiger partial charge in [-0.15, -0.1) is 0 Å². The fraction of sp³-hybridized carbons (Fsp3) is 0.0435. The maximum Gasteiger partial charge on any atom is 0.255 e. The summed E-state index contributed by atoms with van der Waals surface area (Å²) in [6.45, 7) is 2.00. The highest BCUT2D eigenvalue weighted by atomic mass is 16.1. The van der Waals surface area contributed by atoms with Crippen molar-refractivity contribution >= 4 is 22.5 Å². The van der Waals surface area contributed by atoms with Gasteiger partial charge in [0.15, 0.2) is 0 Å². The first kappa shape index (κ1) is 16.0. The Balaban J connectivity index is 1.54. The first-order valence-electron chi connectivity index (χ1n) is 8.53. The van der Waals surface area contributed by atoms with Crippen LogP contribution in [-0.2, 0) is 0 Å². The summed E-state index contributed by atoms with van der Waals surface area (Å²) >= 11 is 0. The lowest BCUT2D eigenvalue weighted by Gasteiger charge is -2.07. The normalized spacial score (nSPS) is 10.7. The maximum absolute atomic E-state index is 12.3. The number of fused-ring (bicyclic) bond motifs is 1. The van der Waals surface area contributed by atoms with Crippen LogP contribution in [0.25, 0.3) is 22.2 Å². The molecule has 0 aliphatic rings. The van der Waals surface area contributed by atoms with E-state index in [1.54, 1.807) is 0 Å². The van der Waals surface area contributed by atoms with Gasteiger partial charge in [0.1, 0.15) is 0 Å². The topological polar surface area (TPSA) is 42.0 Å². The minimum atomic E-state index is -0.110. The fourth-order valence-corrected chi connectivity index (χ4v) is 2.86. The van der Waals surface area contributed by atoms with Crippen LogP contribution in [0.5, 0.6) is 0 Å². The number of aromatic nitrogens is 1. The Morgan fingerprint density at radius 2 is 1.54 bits per heavy atom. The third-order valence-corrected chi connectivity index (χ3v) is 4.35. The van der Waals surface area contributed by atoms with Crippen LogP contribution in [0.15, 0.2) is 84.9 Å². The van der Waals surface area contributed by atoms with Gasteiger partial charge < -0.3 is 5.32 Å². The molecular weight excluding hydrogens is 320 g/mol. The zero-order valence-electron chi connectivity index (χ0n) is 14.4. The number of para-hydroxylation sites is 1. The standard InChI is InChI=1S/C23H18N2O/c1-16-6-8-19(9-7-16)23(26)24-20-13-10-18(11-14-20)22-15-12-17-4-2-3-5-21(17)25-22/h2-15H,1H3,(H,24,26). The van der Waals surface area contributed by atoms with Gasteiger partial charge in [-0.1, -0.05) is 54.1 Å². The van der Waals surface area contributed by atoms with E-state index in [0.29, 0.717) is 5.56 Å². The van der Waals surface area contributed by atoms with Gasteiger partial charge in [-0.05, 0) is 43.3 Å². The molecule has 0 spiro atoms. The molecule has 0 aliphatic heterocycles. The summed E-state index contributed by atoms with van der Waals surface area (Å²) < 4.78 is 0. The number of nitrogens with zero attached hydrogens (tertiary/aromatic N) is 1. The number of benzene rings is 3. The van der Waals surface area contributed by atoms with Gasteiger partial charge in [0.05, 0.1) is 11.2 Å². The van der Waals surface area contributed by atoms with Crippen LogP contribution >= 0.6 is 0 Å². The summed E-state index contributed by atoms with van der Waals surface area (Å²) in [5.41, 5.74) is 5.45. The molecule has 0 aliphatic carbocycles. The first-order valence-corrected chi connectivity index (χ1v) is 8.53. The Hall–Kier alpha value is -3.46. The zero-order chi connectivity index (χ0) is 17.9. The van der Waals surface area contributed by atoms with Crippen LogP contribution in [0.4, 0.5) is 5.69 Å². The van der Waals surface area contributed by atoms with E-state index in [1.165, 1.54) is 0 Å². The molecule has 26 heavy (non-hydrogen) atoms. The third-order valence-electron chi connectivity index (χ3n) is 4.35. The monoisotopic (exact) mass is 338 g/mol. The Morgan fingerprint density at radius 3 is 2.31 bits per heavy atom. The van der Waals surface area contributed by atoms with Crippen molar-refractivity contribution in [3.05, 3.63) is 96.1 Å². The SMILES string of the molecule is Cc1ccc(C(=O)Nc2ccc(-c3ccc4ccccc4n3)cc2)cc1. The van der Waals surface area contributed by atoms with E-state index in [0.717, 1.165) is 33.4 Å². The quantitative estimate of drug-likeness (QED) is 0.539. The molecule has 3 heteroatoms. The Labute approximate surface area is 152 Å². The molecule has 0 saturated carbocycles. The lowest BCUT2D eigenvalue weighted by atomic mass is 10.1. The highest BCUT2D eigenvalue weighted by Crippen LogP contribution is 2.22. The van der Waals surface area contributed by atoms with E-state index in [-0.39, 0.29) is 5.91 Å². The van der Waals surface area contributed by atoms with Gasteiger partial charge in [-0.25, -0.2) is 4.98 Å². The summed E-state index contributed by atoms with van der Waals surface area (Å²) in [7, 11) is 0.